The summed E-state index contributed by atoms with van der Waals surface area (Å²) in [5.74, 6) is -1.61. The Morgan fingerprint density at radius 2 is 1.02 bits per heavy atom. The van der Waals surface area contributed by atoms with Gasteiger partial charge in [-0.2, -0.15) is 0 Å². The molecular weight excluding hydrogens is 564 g/mol. The van der Waals surface area contributed by atoms with E-state index < -0.39 is 30.7 Å². The highest BCUT2D eigenvalue weighted by Gasteiger charge is 2.27. The summed E-state index contributed by atoms with van der Waals surface area (Å²) >= 11 is 0. The van der Waals surface area contributed by atoms with Crippen LogP contribution in [0.2, 0.25) is 0 Å². The summed E-state index contributed by atoms with van der Waals surface area (Å²) < 4.78 is 14.9. The molecule has 2 aromatic rings. The number of amides is 2. The number of rotatable bonds is 7. The summed E-state index contributed by atoms with van der Waals surface area (Å²) in [4.78, 5) is 45.9. The molecule has 5 aliphatic rings. The van der Waals surface area contributed by atoms with Crippen LogP contribution in [0.25, 0.3) is 0 Å². The second kappa shape index (κ2) is 13.3. The highest BCUT2D eigenvalue weighted by Crippen LogP contribution is 2.40. The number of carboxylic acid groups (broad SMARTS) is 1. The van der Waals surface area contributed by atoms with E-state index in [4.69, 9.17) is 14.6 Å². The van der Waals surface area contributed by atoms with Crippen LogP contribution < -0.4 is 10.6 Å². The van der Waals surface area contributed by atoms with Gasteiger partial charge in [0.2, 0.25) is 0 Å². The number of hydrogen-bond acceptors (Lipinski definition) is 7. The van der Waals surface area contributed by atoms with Crippen LogP contribution in [0.1, 0.15) is 89.5 Å². The largest absolute Gasteiger partial charge is 0.479 e. The Bertz CT molecular complexity index is 1410. The minimum Gasteiger partial charge on any atom is -0.479 e. The van der Waals surface area contributed by atoms with E-state index in [1.54, 1.807) is 0 Å². The van der Waals surface area contributed by atoms with E-state index in [1.165, 1.54) is 44.5 Å². The molecule has 0 radical (unpaired) electrons. The van der Waals surface area contributed by atoms with Crippen molar-refractivity contribution in [2.45, 2.75) is 102 Å². The zero-order chi connectivity index (χ0) is 30.6. The third-order valence-corrected chi connectivity index (χ3v) is 9.40. The molecule has 0 heterocycles. The van der Waals surface area contributed by atoms with E-state index in [0.29, 0.717) is 0 Å². The number of aliphatic carboxylic acids is 1. The Kier molecular flexibility index (Phi) is 9.04. The summed E-state index contributed by atoms with van der Waals surface area (Å²) in [5.41, 5.74) is 12.1. The van der Waals surface area contributed by atoms with Crippen LogP contribution in [0.4, 0.5) is 21.0 Å². The predicted octanol–water partition coefficient (Wildman–Crippen LogP) is 5.61. The monoisotopic (exact) mass is 604 g/mol. The first-order valence-electron chi connectivity index (χ1n) is 16.0. The van der Waals surface area contributed by atoms with E-state index >= 15 is 0 Å². The number of carbonyl (C=O) groups excluding carboxylic acids is 3. The normalized spacial score (nSPS) is 17.2. The maximum atomic E-state index is 12.1. The maximum Gasteiger partial charge on any atom is 0.412 e. The molecule has 44 heavy (non-hydrogen) atoms. The van der Waals surface area contributed by atoms with Gasteiger partial charge in [-0.1, -0.05) is 12.1 Å². The molecule has 1 fully saturated rings. The van der Waals surface area contributed by atoms with Crippen LogP contribution in [0.3, 0.4) is 0 Å². The second-order valence-electron chi connectivity index (χ2n) is 12.3. The van der Waals surface area contributed by atoms with Crippen molar-refractivity contribution >= 4 is 35.5 Å². The van der Waals surface area contributed by atoms with Gasteiger partial charge < -0.3 is 19.3 Å². The zero-order valence-electron chi connectivity index (χ0n) is 25.1. The summed E-state index contributed by atoms with van der Waals surface area (Å²) in [5, 5.41) is 14.2. The van der Waals surface area contributed by atoms with E-state index in [1.807, 2.05) is 0 Å². The molecule has 5 aliphatic carbocycles. The van der Waals surface area contributed by atoms with Crippen molar-refractivity contribution in [1.82, 2.24) is 0 Å². The second-order valence-corrected chi connectivity index (χ2v) is 12.3. The smallest absolute Gasteiger partial charge is 0.412 e. The molecule has 0 aromatic heterocycles. The fourth-order valence-corrected chi connectivity index (χ4v) is 7.17. The van der Waals surface area contributed by atoms with Gasteiger partial charge in [0.1, 0.15) is 6.10 Å². The fraction of sp³-hybridized carbons (Fsp3) is 0.529. The zero-order valence-corrected chi connectivity index (χ0v) is 25.1. The Balaban J connectivity index is 0.000000159. The van der Waals surface area contributed by atoms with Gasteiger partial charge in [-0.05, 0) is 141 Å². The minimum absolute atomic E-state index is 0.0184. The Hall–Kier alpha value is -4.08. The van der Waals surface area contributed by atoms with Gasteiger partial charge in [-0.15, -0.1) is 0 Å². The van der Waals surface area contributed by atoms with Crippen LogP contribution in [0, 0.1) is 0 Å². The van der Waals surface area contributed by atoms with Gasteiger partial charge in [0.05, 0.1) is 11.4 Å². The number of carbonyl (C=O) groups is 4. The number of ether oxygens (including phenoxy) is 3. The molecule has 10 heteroatoms. The molecule has 1 saturated carbocycles. The summed E-state index contributed by atoms with van der Waals surface area (Å²) in [6.45, 7) is -0.928. The lowest BCUT2D eigenvalue weighted by Gasteiger charge is -2.24. The molecule has 0 spiro atoms. The number of nitrogens with one attached hydrogen (secondary N) is 2. The highest BCUT2D eigenvalue weighted by molar-refractivity contribution is 5.90. The van der Waals surface area contributed by atoms with Gasteiger partial charge in [-0.25, -0.2) is 19.2 Å². The Morgan fingerprint density at radius 3 is 1.39 bits per heavy atom. The van der Waals surface area contributed by atoms with Crippen LogP contribution in [0.15, 0.2) is 12.1 Å². The summed E-state index contributed by atoms with van der Waals surface area (Å²) in [7, 11) is 0. The van der Waals surface area contributed by atoms with Crippen LogP contribution >= 0.6 is 0 Å². The van der Waals surface area contributed by atoms with Crippen molar-refractivity contribution in [3.63, 3.8) is 0 Å². The average molecular weight is 605 g/mol. The number of carboxylic acids is 1. The fourth-order valence-electron chi connectivity index (χ4n) is 7.17. The van der Waals surface area contributed by atoms with Gasteiger partial charge in [-0.3, -0.25) is 10.6 Å². The third-order valence-electron chi connectivity index (χ3n) is 9.40. The molecule has 10 nitrogen and oxygen atoms in total. The number of hydrogen-bond donors (Lipinski definition) is 3. The lowest BCUT2D eigenvalue weighted by molar-refractivity contribution is -0.156. The van der Waals surface area contributed by atoms with Crippen molar-refractivity contribution in [2.75, 3.05) is 23.8 Å². The predicted molar refractivity (Wildman–Crippen MR) is 162 cm³/mol. The Morgan fingerprint density at radius 1 is 0.614 bits per heavy atom. The molecule has 3 N–H and O–H groups in total. The van der Waals surface area contributed by atoms with Gasteiger partial charge in [0.25, 0.3) is 0 Å². The van der Waals surface area contributed by atoms with Crippen LogP contribution in [-0.2, 0) is 75.2 Å². The standard InChI is InChI=1S/C19H23NO4.C15H17NO4/c21-17(24-14-6-3-7-14)11-23-19(22)20-18-15-8-1-4-12(15)10-13-5-2-9-16(13)18;17-13(18)8-20-15(19)16-14-11-5-1-3-9(11)7-10-4-2-6-12(10)14/h10,14H,1-9,11H2,(H,20,22);7H,1-6,8H2,(H,16,19)(H,17,18). The van der Waals surface area contributed by atoms with Crippen molar-refractivity contribution < 1.29 is 38.5 Å². The van der Waals surface area contributed by atoms with Crippen molar-refractivity contribution in [2.24, 2.45) is 0 Å². The van der Waals surface area contributed by atoms with Crippen LogP contribution in [0.5, 0.6) is 0 Å². The number of benzene rings is 2. The number of anilines is 2. The average Bonchev–Trinajstić information content (AvgIpc) is 3.79. The lowest BCUT2D eigenvalue weighted by Crippen LogP contribution is -2.28. The number of esters is 1. The molecule has 7 rings (SSSR count). The summed E-state index contributed by atoms with van der Waals surface area (Å²) in [6.07, 6.45) is 14.4. The molecule has 0 bridgehead atoms. The Labute approximate surface area is 256 Å². The van der Waals surface area contributed by atoms with Gasteiger partial charge >= 0.3 is 24.1 Å². The highest BCUT2D eigenvalue weighted by atomic mass is 16.6. The molecule has 0 unspecified atom stereocenters. The van der Waals surface area contributed by atoms with E-state index in [2.05, 4.69) is 27.5 Å². The number of aryl methyl sites for hydroxylation is 4. The van der Waals surface area contributed by atoms with Crippen molar-refractivity contribution in [1.29, 1.82) is 0 Å². The van der Waals surface area contributed by atoms with E-state index in [0.717, 1.165) is 108 Å². The summed E-state index contributed by atoms with van der Waals surface area (Å²) in [6, 6.07) is 4.59. The molecule has 0 saturated heterocycles. The van der Waals surface area contributed by atoms with Crippen molar-refractivity contribution in [3.05, 3.63) is 56.6 Å². The van der Waals surface area contributed by atoms with Gasteiger partial charge in [0, 0.05) is 0 Å². The lowest BCUT2D eigenvalue weighted by atomic mass is 9.96. The quantitative estimate of drug-likeness (QED) is 0.274. The van der Waals surface area contributed by atoms with E-state index in [9.17, 15) is 19.2 Å². The van der Waals surface area contributed by atoms with Crippen molar-refractivity contribution in [3.8, 4) is 0 Å². The first kappa shape index (κ1) is 30.0. The SMILES string of the molecule is O=C(COC(=O)Nc1c2c(cc3c1CCC3)CCC2)OC1CCC1.O=C(O)COC(=O)Nc1c2c(cc3c1CCC3)CCC2. The molecule has 0 atom stereocenters. The first-order chi connectivity index (χ1) is 21.4. The molecule has 2 aromatic carbocycles. The minimum atomic E-state index is -1.15. The third kappa shape index (κ3) is 6.69. The topological polar surface area (TPSA) is 140 Å². The molecular formula is C34H40N2O8. The molecule has 2 amide bonds. The number of fused-ring (bicyclic) bond motifs is 4. The van der Waals surface area contributed by atoms with Gasteiger partial charge in [0.15, 0.2) is 13.2 Å². The first-order valence-corrected chi connectivity index (χ1v) is 16.0. The molecule has 234 valence electrons. The molecule has 0 aliphatic heterocycles. The maximum absolute atomic E-state index is 12.1. The van der Waals surface area contributed by atoms with Crippen LogP contribution in [-0.4, -0.2) is 48.5 Å². The van der Waals surface area contributed by atoms with E-state index in [-0.39, 0.29) is 12.7 Å².